The topological polar surface area (TPSA) is 12.0 Å². The van der Waals surface area contributed by atoms with Crippen LogP contribution in [0, 0.1) is 5.92 Å². The van der Waals surface area contributed by atoms with Gasteiger partial charge in [0.05, 0.1) is 0 Å². The Balaban J connectivity index is 2.09. The van der Waals surface area contributed by atoms with E-state index in [0.29, 0.717) is 5.92 Å². The quantitative estimate of drug-likeness (QED) is 0.834. The Hall–Kier alpha value is -0.960. The summed E-state index contributed by atoms with van der Waals surface area (Å²) in [6, 6.07) is 6.80. The van der Waals surface area contributed by atoms with Gasteiger partial charge in [-0.25, -0.2) is 8.78 Å². The minimum atomic E-state index is -2.73. The highest BCUT2D eigenvalue weighted by atomic mass is 19.3. The molecule has 1 nitrogen and oxygen atoms in total. The average Bonchev–Trinajstić information content (AvgIpc) is 2.70. The predicted octanol–water partition coefficient (Wildman–Crippen LogP) is 2.95. The molecule has 16 heavy (non-hydrogen) atoms. The Bertz CT molecular complexity index is 351. The maximum Gasteiger partial charge on any atom is 0.270 e. The SMILES string of the molecule is CC(F)(F)c1cccc(CC2CCNC2)c1. The van der Waals surface area contributed by atoms with Gasteiger partial charge in [-0.05, 0) is 43.5 Å². The van der Waals surface area contributed by atoms with Crippen molar-refractivity contribution in [1.82, 2.24) is 5.32 Å². The van der Waals surface area contributed by atoms with E-state index in [4.69, 9.17) is 0 Å². The van der Waals surface area contributed by atoms with E-state index in [2.05, 4.69) is 5.32 Å². The summed E-state index contributed by atoms with van der Waals surface area (Å²) < 4.78 is 26.3. The molecule has 0 amide bonds. The third-order valence-corrected chi connectivity index (χ3v) is 3.12. The van der Waals surface area contributed by atoms with Gasteiger partial charge in [0.25, 0.3) is 5.92 Å². The Morgan fingerprint density at radius 1 is 1.44 bits per heavy atom. The highest BCUT2D eigenvalue weighted by Crippen LogP contribution is 2.28. The zero-order valence-corrected chi connectivity index (χ0v) is 9.47. The zero-order valence-electron chi connectivity index (χ0n) is 9.47. The summed E-state index contributed by atoms with van der Waals surface area (Å²) in [6.07, 6.45) is 2.05. The van der Waals surface area contributed by atoms with E-state index < -0.39 is 5.92 Å². The fraction of sp³-hybridized carbons (Fsp3) is 0.538. The fourth-order valence-electron chi connectivity index (χ4n) is 2.19. The van der Waals surface area contributed by atoms with Gasteiger partial charge in [0.15, 0.2) is 0 Å². The first-order valence-corrected chi connectivity index (χ1v) is 5.73. The molecule has 0 spiro atoms. The monoisotopic (exact) mass is 225 g/mol. The molecule has 1 aliphatic heterocycles. The number of halogens is 2. The van der Waals surface area contributed by atoms with Crippen LogP contribution in [-0.2, 0) is 12.3 Å². The number of nitrogens with one attached hydrogen (secondary N) is 1. The molecule has 0 aromatic heterocycles. The van der Waals surface area contributed by atoms with Crippen molar-refractivity contribution >= 4 is 0 Å². The summed E-state index contributed by atoms with van der Waals surface area (Å²) in [7, 11) is 0. The number of hydrogen-bond acceptors (Lipinski definition) is 1. The standard InChI is InChI=1S/C13H17F2N/c1-13(14,15)12-4-2-3-10(8-12)7-11-5-6-16-9-11/h2-4,8,11,16H,5-7,9H2,1H3. The molecule has 1 saturated heterocycles. The molecule has 88 valence electrons. The number of rotatable bonds is 3. The van der Waals surface area contributed by atoms with Crippen LogP contribution in [-0.4, -0.2) is 13.1 Å². The summed E-state index contributed by atoms with van der Waals surface area (Å²) in [5, 5.41) is 3.29. The van der Waals surface area contributed by atoms with Gasteiger partial charge in [-0.1, -0.05) is 18.2 Å². The molecule has 0 saturated carbocycles. The highest BCUT2D eigenvalue weighted by Gasteiger charge is 2.24. The van der Waals surface area contributed by atoms with E-state index in [1.54, 1.807) is 12.1 Å². The van der Waals surface area contributed by atoms with Gasteiger partial charge in [0.2, 0.25) is 0 Å². The molecule has 1 N–H and O–H groups in total. The second-order valence-electron chi connectivity index (χ2n) is 4.65. The normalized spacial score (nSPS) is 21.3. The Kier molecular flexibility index (Phi) is 3.24. The van der Waals surface area contributed by atoms with Gasteiger partial charge in [-0.3, -0.25) is 0 Å². The molecule has 1 aliphatic rings. The highest BCUT2D eigenvalue weighted by molar-refractivity contribution is 5.26. The van der Waals surface area contributed by atoms with Crippen molar-refractivity contribution in [2.24, 2.45) is 5.92 Å². The largest absolute Gasteiger partial charge is 0.316 e. The van der Waals surface area contributed by atoms with Crippen molar-refractivity contribution in [2.75, 3.05) is 13.1 Å². The first kappa shape index (κ1) is 11.5. The van der Waals surface area contributed by atoms with Crippen molar-refractivity contribution in [1.29, 1.82) is 0 Å². The molecule has 0 aliphatic carbocycles. The van der Waals surface area contributed by atoms with Crippen molar-refractivity contribution < 1.29 is 8.78 Å². The summed E-state index contributed by atoms with van der Waals surface area (Å²) in [6.45, 7) is 3.00. The van der Waals surface area contributed by atoms with Crippen molar-refractivity contribution in [3.8, 4) is 0 Å². The lowest BCUT2D eigenvalue weighted by Gasteiger charge is -2.13. The number of benzene rings is 1. The summed E-state index contributed by atoms with van der Waals surface area (Å²) in [5.74, 6) is -2.13. The molecule has 1 aromatic carbocycles. The lowest BCUT2D eigenvalue weighted by atomic mass is 9.96. The maximum atomic E-state index is 13.1. The number of hydrogen-bond donors (Lipinski definition) is 1. The smallest absolute Gasteiger partial charge is 0.270 e. The second-order valence-corrected chi connectivity index (χ2v) is 4.65. The zero-order chi connectivity index (χ0) is 11.6. The molecule has 1 aromatic rings. The van der Waals surface area contributed by atoms with Crippen LogP contribution in [0.5, 0.6) is 0 Å². The van der Waals surface area contributed by atoms with Gasteiger partial charge in [0.1, 0.15) is 0 Å². The Labute approximate surface area is 94.9 Å². The van der Waals surface area contributed by atoms with E-state index in [0.717, 1.165) is 38.4 Å². The number of alkyl halides is 2. The van der Waals surface area contributed by atoms with E-state index in [9.17, 15) is 8.78 Å². The molecule has 1 atom stereocenters. The van der Waals surface area contributed by atoms with E-state index in [1.807, 2.05) is 6.07 Å². The third kappa shape index (κ3) is 2.79. The van der Waals surface area contributed by atoms with Crippen LogP contribution < -0.4 is 5.32 Å². The predicted molar refractivity (Wildman–Crippen MR) is 60.7 cm³/mol. The summed E-state index contributed by atoms with van der Waals surface area (Å²) in [4.78, 5) is 0. The van der Waals surface area contributed by atoms with Gasteiger partial charge >= 0.3 is 0 Å². The van der Waals surface area contributed by atoms with Crippen LogP contribution in [0.15, 0.2) is 24.3 Å². The van der Waals surface area contributed by atoms with Crippen LogP contribution in [0.3, 0.4) is 0 Å². The summed E-state index contributed by atoms with van der Waals surface area (Å²) in [5.41, 5.74) is 1.14. The Morgan fingerprint density at radius 3 is 2.88 bits per heavy atom. The molecule has 2 rings (SSSR count). The minimum Gasteiger partial charge on any atom is -0.316 e. The minimum absolute atomic E-state index is 0.121. The van der Waals surface area contributed by atoms with Crippen LogP contribution in [0.25, 0.3) is 0 Å². The first-order valence-electron chi connectivity index (χ1n) is 5.73. The molecule has 1 heterocycles. The molecule has 1 fully saturated rings. The second kappa shape index (κ2) is 4.50. The fourth-order valence-corrected chi connectivity index (χ4v) is 2.19. The van der Waals surface area contributed by atoms with Crippen LogP contribution in [0.1, 0.15) is 24.5 Å². The van der Waals surface area contributed by atoms with Crippen molar-refractivity contribution in [3.05, 3.63) is 35.4 Å². The molecular weight excluding hydrogens is 208 g/mol. The molecule has 0 radical (unpaired) electrons. The van der Waals surface area contributed by atoms with E-state index in [1.165, 1.54) is 6.07 Å². The van der Waals surface area contributed by atoms with E-state index >= 15 is 0 Å². The average molecular weight is 225 g/mol. The lowest BCUT2D eigenvalue weighted by molar-refractivity contribution is 0.0174. The van der Waals surface area contributed by atoms with Gasteiger partial charge in [-0.15, -0.1) is 0 Å². The van der Waals surface area contributed by atoms with Crippen LogP contribution in [0.2, 0.25) is 0 Å². The molecule has 1 unspecified atom stereocenters. The van der Waals surface area contributed by atoms with E-state index in [-0.39, 0.29) is 5.56 Å². The molecule has 3 heteroatoms. The Morgan fingerprint density at radius 2 is 2.25 bits per heavy atom. The van der Waals surface area contributed by atoms with Gasteiger partial charge in [0, 0.05) is 12.5 Å². The van der Waals surface area contributed by atoms with Crippen molar-refractivity contribution in [2.45, 2.75) is 25.7 Å². The summed E-state index contributed by atoms with van der Waals surface area (Å²) >= 11 is 0. The van der Waals surface area contributed by atoms with Crippen LogP contribution in [0.4, 0.5) is 8.78 Å². The van der Waals surface area contributed by atoms with Gasteiger partial charge in [-0.2, -0.15) is 0 Å². The first-order chi connectivity index (χ1) is 7.55. The lowest BCUT2D eigenvalue weighted by Crippen LogP contribution is -2.12. The molecule has 0 bridgehead atoms. The van der Waals surface area contributed by atoms with Gasteiger partial charge < -0.3 is 5.32 Å². The maximum absolute atomic E-state index is 13.1. The van der Waals surface area contributed by atoms with Crippen LogP contribution >= 0.6 is 0 Å². The van der Waals surface area contributed by atoms with Crippen molar-refractivity contribution in [3.63, 3.8) is 0 Å². The molecular formula is C13H17F2N. The third-order valence-electron chi connectivity index (χ3n) is 3.12.